The summed E-state index contributed by atoms with van der Waals surface area (Å²) in [6.45, 7) is 5.09. The van der Waals surface area contributed by atoms with Crippen LogP contribution in [0.5, 0.6) is 0 Å². The van der Waals surface area contributed by atoms with Crippen LogP contribution in [0.15, 0.2) is 0 Å². The molecule has 0 spiro atoms. The molecule has 1 fully saturated rings. The number of aromatic nitrogens is 1. The molecule has 1 heterocycles. The summed E-state index contributed by atoms with van der Waals surface area (Å²) in [5, 5.41) is 4.09. The summed E-state index contributed by atoms with van der Waals surface area (Å²) in [6, 6.07) is 0. The van der Waals surface area contributed by atoms with Gasteiger partial charge in [0.25, 0.3) is 0 Å². The summed E-state index contributed by atoms with van der Waals surface area (Å²) in [5.41, 5.74) is 0.429. The fraction of sp³-hybridized carbons (Fsp3) is 0.636. The number of thiazole rings is 1. The zero-order valence-electron chi connectivity index (χ0n) is 9.74. The van der Waals surface area contributed by atoms with Gasteiger partial charge in [0.2, 0.25) is 0 Å². The van der Waals surface area contributed by atoms with E-state index in [1.807, 2.05) is 6.92 Å². The molecule has 1 N–H and O–H groups in total. The lowest BCUT2D eigenvalue weighted by Crippen LogP contribution is -2.06. The Hall–Kier alpha value is -1.10. The molecule has 1 saturated carbocycles. The van der Waals surface area contributed by atoms with Gasteiger partial charge in [-0.25, -0.2) is 9.78 Å². The summed E-state index contributed by atoms with van der Waals surface area (Å²) in [7, 11) is 1.38. The maximum atomic E-state index is 11.3. The zero-order chi connectivity index (χ0) is 11.7. The van der Waals surface area contributed by atoms with Gasteiger partial charge in [0, 0.05) is 11.4 Å². The number of carbonyl (C=O) groups is 1. The zero-order valence-corrected chi connectivity index (χ0v) is 10.6. The van der Waals surface area contributed by atoms with Gasteiger partial charge < -0.3 is 10.1 Å². The lowest BCUT2D eigenvalue weighted by atomic mass is 10.3. The second-order valence-electron chi connectivity index (χ2n) is 4.27. The topological polar surface area (TPSA) is 51.2 Å². The Labute approximate surface area is 99.0 Å². The number of carbonyl (C=O) groups excluding carboxylic acids is 1. The summed E-state index contributed by atoms with van der Waals surface area (Å²) in [4.78, 5) is 16.5. The summed E-state index contributed by atoms with van der Waals surface area (Å²) < 4.78 is 4.66. The van der Waals surface area contributed by atoms with Crippen LogP contribution in [-0.2, 0) is 4.74 Å². The number of nitrogens with one attached hydrogen (secondary N) is 1. The SMILES string of the molecule is COC(=O)c1nc(NCC2CC2C)sc1C. The predicted molar refractivity (Wildman–Crippen MR) is 64.0 cm³/mol. The number of hydrogen-bond donors (Lipinski definition) is 1. The lowest BCUT2D eigenvalue weighted by molar-refractivity contribution is 0.0594. The van der Waals surface area contributed by atoms with E-state index in [9.17, 15) is 4.79 Å². The van der Waals surface area contributed by atoms with Crippen LogP contribution < -0.4 is 5.32 Å². The molecule has 1 aliphatic rings. The number of anilines is 1. The molecule has 1 aromatic heterocycles. The fourth-order valence-electron chi connectivity index (χ4n) is 1.66. The highest BCUT2D eigenvalue weighted by molar-refractivity contribution is 7.15. The van der Waals surface area contributed by atoms with Crippen LogP contribution in [0.1, 0.15) is 28.7 Å². The molecule has 0 bridgehead atoms. The minimum Gasteiger partial charge on any atom is -0.464 e. The maximum Gasteiger partial charge on any atom is 0.357 e. The van der Waals surface area contributed by atoms with E-state index in [-0.39, 0.29) is 5.97 Å². The highest BCUT2D eigenvalue weighted by Crippen LogP contribution is 2.37. The van der Waals surface area contributed by atoms with Crippen LogP contribution >= 0.6 is 11.3 Å². The highest BCUT2D eigenvalue weighted by atomic mass is 32.1. The Kier molecular flexibility index (Phi) is 3.14. The number of aryl methyl sites for hydroxylation is 1. The van der Waals surface area contributed by atoms with Crippen molar-refractivity contribution in [3.8, 4) is 0 Å². The molecule has 2 atom stereocenters. The minimum atomic E-state index is -0.360. The van der Waals surface area contributed by atoms with Crippen LogP contribution in [0.25, 0.3) is 0 Å². The normalized spacial score (nSPS) is 22.9. The van der Waals surface area contributed by atoms with E-state index < -0.39 is 0 Å². The van der Waals surface area contributed by atoms with Gasteiger partial charge in [-0.2, -0.15) is 0 Å². The number of rotatable bonds is 4. The standard InChI is InChI=1S/C11H16N2O2S/c1-6-4-8(6)5-12-11-13-9(7(2)16-11)10(14)15-3/h6,8H,4-5H2,1-3H3,(H,12,13). The summed E-state index contributed by atoms with van der Waals surface area (Å²) in [6.07, 6.45) is 1.29. The fourth-order valence-corrected chi connectivity index (χ4v) is 2.47. The first kappa shape index (κ1) is 11.4. The van der Waals surface area contributed by atoms with Gasteiger partial charge >= 0.3 is 5.97 Å². The maximum absolute atomic E-state index is 11.3. The van der Waals surface area contributed by atoms with Gasteiger partial charge in [-0.3, -0.25) is 0 Å². The van der Waals surface area contributed by atoms with Gasteiger partial charge in [0.05, 0.1) is 7.11 Å². The Morgan fingerprint density at radius 1 is 1.69 bits per heavy atom. The Morgan fingerprint density at radius 2 is 2.38 bits per heavy atom. The molecule has 0 amide bonds. The van der Waals surface area contributed by atoms with Crippen LogP contribution in [0.3, 0.4) is 0 Å². The van der Waals surface area contributed by atoms with Crippen molar-refractivity contribution >= 4 is 22.4 Å². The molecule has 0 saturated heterocycles. The largest absolute Gasteiger partial charge is 0.464 e. The first-order valence-corrected chi connectivity index (χ1v) is 6.23. The van der Waals surface area contributed by atoms with E-state index in [0.29, 0.717) is 5.69 Å². The second kappa shape index (κ2) is 4.41. The summed E-state index contributed by atoms with van der Waals surface area (Å²) >= 11 is 1.51. The third-order valence-electron chi connectivity index (χ3n) is 2.97. The quantitative estimate of drug-likeness (QED) is 0.820. The van der Waals surface area contributed by atoms with Crippen LogP contribution in [0.2, 0.25) is 0 Å². The third kappa shape index (κ3) is 2.35. The molecular weight excluding hydrogens is 224 g/mol. The van der Waals surface area contributed by atoms with E-state index >= 15 is 0 Å². The van der Waals surface area contributed by atoms with Crippen molar-refractivity contribution in [2.75, 3.05) is 19.0 Å². The van der Waals surface area contributed by atoms with Crippen LogP contribution in [0, 0.1) is 18.8 Å². The van der Waals surface area contributed by atoms with Crippen molar-refractivity contribution in [1.29, 1.82) is 0 Å². The second-order valence-corrected chi connectivity index (χ2v) is 5.47. The third-order valence-corrected chi connectivity index (χ3v) is 3.90. The first-order chi connectivity index (χ1) is 7.61. The van der Waals surface area contributed by atoms with Crippen molar-refractivity contribution in [3.05, 3.63) is 10.6 Å². The number of hydrogen-bond acceptors (Lipinski definition) is 5. The average molecular weight is 240 g/mol. The van der Waals surface area contributed by atoms with Crippen molar-refractivity contribution in [2.45, 2.75) is 20.3 Å². The van der Waals surface area contributed by atoms with Crippen molar-refractivity contribution in [1.82, 2.24) is 4.98 Å². The average Bonchev–Trinajstić information content (AvgIpc) is 2.84. The van der Waals surface area contributed by atoms with E-state index in [2.05, 4.69) is 22.0 Å². The molecule has 0 aromatic carbocycles. The molecule has 4 nitrogen and oxygen atoms in total. The molecule has 1 aromatic rings. The Balaban J connectivity index is 1.97. The molecule has 2 unspecified atom stereocenters. The predicted octanol–water partition coefficient (Wildman–Crippen LogP) is 2.31. The van der Waals surface area contributed by atoms with Gasteiger partial charge in [-0.15, -0.1) is 11.3 Å². The molecule has 88 valence electrons. The molecule has 1 aliphatic carbocycles. The molecular formula is C11H16N2O2S. The Morgan fingerprint density at radius 3 is 2.94 bits per heavy atom. The molecule has 2 rings (SSSR count). The van der Waals surface area contributed by atoms with E-state index in [0.717, 1.165) is 28.4 Å². The number of ether oxygens (including phenoxy) is 1. The number of methoxy groups -OCH3 is 1. The van der Waals surface area contributed by atoms with Gasteiger partial charge in [0.1, 0.15) is 0 Å². The van der Waals surface area contributed by atoms with Crippen molar-refractivity contribution in [2.24, 2.45) is 11.8 Å². The molecule has 16 heavy (non-hydrogen) atoms. The smallest absolute Gasteiger partial charge is 0.357 e. The monoisotopic (exact) mass is 240 g/mol. The molecule has 0 aliphatic heterocycles. The van der Waals surface area contributed by atoms with Gasteiger partial charge in [0.15, 0.2) is 10.8 Å². The minimum absolute atomic E-state index is 0.360. The van der Waals surface area contributed by atoms with Crippen LogP contribution in [-0.4, -0.2) is 24.6 Å². The number of esters is 1. The summed E-state index contributed by atoms with van der Waals surface area (Å²) in [5.74, 6) is 1.24. The van der Waals surface area contributed by atoms with E-state index in [1.54, 1.807) is 0 Å². The number of nitrogens with zero attached hydrogens (tertiary/aromatic N) is 1. The van der Waals surface area contributed by atoms with Crippen molar-refractivity contribution in [3.63, 3.8) is 0 Å². The van der Waals surface area contributed by atoms with E-state index in [1.165, 1.54) is 24.9 Å². The van der Waals surface area contributed by atoms with Crippen molar-refractivity contribution < 1.29 is 9.53 Å². The Bertz CT molecular complexity index is 403. The van der Waals surface area contributed by atoms with Gasteiger partial charge in [-0.05, 0) is 25.2 Å². The lowest BCUT2D eigenvalue weighted by Gasteiger charge is -1.99. The molecule has 0 radical (unpaired) electrons. The first-order valence-electron chi connectivity index (χ1n) is 5.41. The van der Waals surface area contributed by atoms with Crippen LogP contribution in [0.4, 0.5) is 5.13 Å². The molecule has 5 heteroatoms. The van der Waals surface area contributed by atoms with Gasteiger partial charge in [-0.1, -0.05) is 6.92 Å². The highest BCUT2D eigenvalue weighted by Gasteiger charge is 2.32. The van der Waals surface area contributed by atoms with E-state index in [4.69, 9.17) is 0 Å².